The van der Waals surface area contributed by atoms with E-state index in [1.165, 1.54) is 27.9 Å². The van der Waals surface area contributed by atoms with E-state index in [1.807, 2.05) is 20.8 Å². The molecule has 8 heteroatoms. The molecule has 35 heavy (non-hydrogen) atoms. The zero-order valence-electron chi connectivity index (χ0n) is 21.9. The van der Waals surface area contributed by atoms with Crippen LogP contribution in [0.1, 0.15) is 73.6 Å². The molecule has 0 amide bonds. The molecule has 3 aliphatic carbocycles. The number of carbonyl (C=O) groups is 4. The maximum atomic E-state index is 13.1. The Bertz CT molecular complexity index is 966. The van der Waals surface area contributed by atoms with Gasteiger partial charge in [-0.1, -0.05) is 25.5 Å². The Balaban J connectivity index is 2.33. The van der Waals surface area contributed by atoms with Crippen molar-refractivity contribution in [3.8, 4) is 0 Å². The van der Waals surface area contributed by atoms with Crippen molar-refractivity contribution in [3.05, 3.63) is 23.8 Å². The molecule has 1 fully saturated rings. The van der Waals surface area contributed by atoms with Crippen molar-refractivity contribution in [1.82, 2.24) is 0 Å². The molecule has 0 saturated heterocycles. The van der Waals surface area contributed by atoms with Gasteiger partial charge in [-0.15, -0.1) is 6.58 Å². The Morgan fingerprint density at radius 3 is 2.06 bits per heavy atom. The van der Waals surface area contributed by atoms with E-state index in [0.29, 0.717) is 37.7 Å². The zero-order valence-corrected chi connectivity index (χ0v) is 21.9. The third-order valence-electron chi connectivity index (χ3n) is 8.70. The fraction of sp³-hybridized carbons (Fsp3) is 0.704. The summed E-state index contributed by atoms with van der Waals surface area (Å²) in [5.74, 6) is -2.00. The summed E-state index contributed by atoms with van der Waals surface area (Å²) in [6.45, 7) is 13.9. The summed E-state index contributed by atoms with van der Waals surface area (Å²) >= 11 is 0. The van der Waals surface area contributed by atoms with Crippen LogP contribution < -0.4 is 0 Å². The van der Waals surface area contributed by atoms with Gasteiger partial charge in [-0.05, 0) is 44.9 Å². The van der Waals surface area contributed by atoms with Gasteiger partial charge in [0.2, 0.25) is 0 Å². The highest BCUT2D eigenvalue weighted by atomic mass is 16.6. The molecule has 0 aromatic heterocycles. The Morgan fingerprint density at radius 1 is 0.943 bits per heavy atom. The first-order chi connectivity index (χ1) is 16.2. The monoisotopic (exact) mass is 490 g/mol. The van der Waals surface area contributed by atoms with Gasteiger partial charge < -0.3 is 18.9 Å². The average Bonchev–Trinajstić information content (AvgIpc) is 2.77. The first-order valence-electron chi connectivity index (χ1n) is 12.2. The fourth-order valence-corrected chi connectivity index (χ4v) is 6.91. The number of hydrogen-bond donors (Lipinski definition) is 0. The Kier molecular flexibility index (Phi) is 7.26. The second kappa shape index (κ2) is 9.43. The normalized spacial score (nSPS) is 38.4. The van der Waals surface area contributed by atoms with Crippen LogP contribution in [-0.4, -0.2) is 49.3 Å². The lowest BCUT2D eigenvalue weighted by Gasteiger charge is -2.60. The van der Waals surface area contributed by atoms with E-state index in [0.717, 1.165) is 5.57 Å². The third kappa shape index (κ3) is 4.40. The molecule has 0 bridgehead atoms. The smallest absolute Gasteiger partial charge is 0.311 e. The van der Waals surface area contributed by atoms with E-state index >= 15 is 0 Å². The lowest BCUT2D eigenvalue weighted by molar-refractivity contribution is -0.186. The van der Waals surface area contributed by atoms with Gasteiger partial charge in [0.15, 0.2) is 0 Å². The minimum Gasteiger partial charge on any atom is -0.469 e. The van der Waals surface area contributed by atoms with E-state index in [1.54, 1.807) is 6.08 Å². The summed E-state index contributed by atoms with van der Waals surface area (Å²) in [5, 5.41) is 0. The summed E-state index contributed by atoms with van der Waals surface area (Å²) in [6.07, 6.45) is 2.36. The first-order valence-corrected chi connectivity index (χ1v) is 12.2. The van der Waals surface area contributed by atoms with E-state index in [9.17, 15) is 19.2 Å². The molecular formula is C27H38O8. The topological polar surface area (TPSA) is 105 Å². The van der Waals surface area contributed by atoms with Crippen LogP contribution in [0.5, 0.6) is 0 Å². The predicted octanol–water partition coefficient (Wildman–Crippen LogP) is 4.06. The third-order valence-corrected chi connectivity index (χ3v) is 8.70. The molecular weight excluding hydrogens is 452 g/mol. The molecule has 0 spiro atoms. The molecule has 3 aliphatic rings. The molecule has 0 N–H and O–H groups in total. The maximum absolute atomic E-state index is 13.1. The van der Waals surface area contributed by atoms with Crippen molar-refractivity contribution < 1.29 is 38.1 Å². The quantitative estimate of drug-likeness (QED) is 0.323. The summed E-state index contributed by atoms with van der Waals surface area (Å²) in [4.78, 5) is 49.7. The van der Waals surface area contributed by atoms with Crippen LogP contribution in [0.3, 0.4) is 0 Å². The number of fused-ring (bicyclic) bond motifs is 2. The van der Waals surface area contributed by atoms with Crippen molar-refractivity contribution in [3.63, 3.8) is 0 Å². The summed E-state index contributed by atoms with van der Waals surface area (Å²) in [5.41, 5.74) is -0.572. The van der Waals surface area contributed by atoms with Gasteiger partial charge in [0.25, 0.3) is 0 Å². The predicted molar refractivity (Wildman–Crippen MR) is 127 cm³/mol. The number of methoxy groups -OCH3 is 1. The van der Waals surface area contributed by atoms with Crippen LogP contribution in [0.4, 0.5) is 0 Å². The van der Waals surface area contributed by atoms with E-state index in [4.69, 9.17) is 18.9 Å². The van der Waals surface area contributed by atoms with Crippen LogP contribution in [0.25, 0.3) is 0 Å². The van der Waals surface area contributed by atoms with Gasteiger partial charge in [-0.3, -0.25) is 19.2 Å². The van der Waals surface area contributed by atoms with E-state index in [2.05, 4.69) is 6.58 Å². The van der Waals surface area contributed by atoms with Crippen molar-refractivity contribution in [1.29, 1.82) is 0 Å². The largest absolute Gasteiger partial charge is 0.469 e. The number of esters is 4. The van der Waals surface area contributed by atoms with Crippen LogP contribution in [-0.2, 0) is 38.1 Å². The average molecular weight is 491 g/mol. The summed E-state index contributed by atoms with van der Waals surface area (Å²) in [6, 6.07) is 0. The van der Waals surface area contributed by atoms with Crippen molar-refractivity contribution in [2.75, 3.05) is 7.11 Å². The van der Waals surface area contributed by atoms with Crippen LogP contribution in [0, 0.1) is 22.2 Å². The number of ether oxygens (including phenoxy) is 4. The number of rotatable bonds is 5. The van der Waals surface area contributed by atoms with Gasteiger partial charge in [0, 0.05) is 37.2 Å². The highest BCUT2D eigenvalue weighted by molar-refractivity contribution is 5.78. The lowest BCUT2D eigenvalue weighted by Crippen LogP contribution is -2.62. The zero-order chi connectivity index (χ0) is 26.3. The van der Waals surface area contributed by atoms with Crippen LogP contribution in [0.15, 0.2) is 23.8 Å². The SMILES string of the molecule is C=C[C@@]1(C)CCC2=C([C@H]1OC(C)=O)[C@H](OC(C)=O)CC1[C@](C)(C(=O)OC)CC[C@H](OC(C)=O)[C@]21C. The van der Waals surface area contributed by atoms with Gasteiger partial charge in [0.1, 0.15) is 18.3 Å². The van der Waals surface area contributed by atoms with Gasteiger partial charge in [-0.25, -0.2) is 0 Å². The maximum Gasteiger partial charge on any atom is 0.311 e. The summed E-state index contributed by atoms with van der Waals surface area (Å²) in [7, 11) is 1.37. The Labute approximate surface area is 207 Å². The minimum absolute atomic E-state index is 0.309. The van der Waals surface area contributed by atoms with E-state index < -0.39 is 52.5 Å². The van der Waals surface area contributed by atoms with Gasteiger partial charge in [-0.2, -0.15) is 0 Å². The molecule has 7 atom stereocenters. The second-order valence-electron chi connectivity index (χ2n) is 10.8. The standard InChI is InChI=1S/C27H38O8/c1-9-25(5)12-10-18-22(23(25)35-17(4)30)19(33-15(2)28)14-20-26(6,24(31)32-8)13-11-21(27(18,20)7)34-16(3)29/h9,19-21,23H,1,10-14H2,2-8H3/t19-,20?,21+,23-,25+,26-,27-/m1/s1. The molecule has 3 rings (SSSR count). The highest BCUT2D eigenvalue weighted by Crippen LogP contribution is 2.64. The molecule has 8 nitrogen and oxygen atoms in total. The number of carbonyl (C=O) groups excluding carboxylic acids is 4. The minimum atomic E-state index is -0.882. The summed E-state index contributed by atoms with van der Waals surface area (Å²) < 4.78 is 22.8. The molecule has 0 radical (unpaired) electrons. The molecule has 0 aromatic rings. The van der Waals surface area contributed by atoms with Crippen molar-refractivity contribution in [2.45, 2.75) is 92.0 Å². The molecule has 0 aromatic carbocycles. The van der Waals surface area contributed by atoms with Crippen molar-refractivity contribution >= 4 is 23.9 Å². The lowest BCUT2D eigenvalue weighted by atomic mass is 9.45. The molecule has 194 valence electrons. The molecule has 0 heterocycles. The van der Waals surface area contributed by atoms with Gasteiger partial charge in [0.05, 0.1) is 12.5 Å². The first kappa shape index (κ1) is 27.0. The van der Waals surface area contributed by atoms with Crippen LogP contribution in [0.2, 0.25) is 0 Å². The highest BCUT2D eigenvalue weighted by Gasteiger charge is 2.65. The second-order valence-corrected chi connectivity index (χ2v) is 10.8. The van der Waals surface area contributed by atoms with Crippen LogP contribution >= 0.6 is 0 Å². The number of hydrogen-bond acceptors (Lipinski definition) is 8. The molecule has 0 aliphatic heterocycles. The Hall–Kier alpha value is -2.64. The molecule has 1 saturated carbocycles. The molecule has 1 unspecified atom stereocenters. The Morgan fingerprint density at radius 2 is 1.54 bits per heavy atom. The van der Waals surface area contributed by atoms with E-state index in [-0.39, 0.29) is 11.9 Å². The van der Waals surface area contributed by atoms with Gasteiger partial charge >= 0.3 is 23.9 Å². The van der Waals surface area contributed by atoms with Crippen molar-refractivity contribution in [2.24, 2.45) is 22.2 Å². The fourth-order valence-electron chi connectivity index (χ4n) is 6.91.